The lowest BCUT2D eigenvalue weighted by Gasteiger charge is -2.37. The monoisotopic (exact) mass is 291 g/mol. The second-order valence-corrected chi connectivity index (χ2v) is 6.48. The Labute approximate surface area is 127 Å². The summed E-state index contributed by atoms with van der Waals surface area (Å²) in [5.74, 6) is 0. The summed E-state index contributed by atoms with van der Waals surface area (Å²) in [6, 6.07) is 6.10. The van der Waals surface area contributed by atoms with Crippen molar-refractivity contribution in [2.75, 3.05) is 26.0 Å². The van der Waals surface area contributed by atoms with E-state index in [0.717, 1.165) is 17.8 Å². The second-order valence-electron chi connectivity index (χ2n) is 6.04. The van der Waals surface area contributed by atoms with Gasteiger partial charge in [0.05, 0.1) is 0 Å². The smallest absolute Gasteiger partial charge is 0.106 e. The van der Waals surface area contributed by atoms with E-state index >= 15 is 0 Å². The average molecular weight is 291 g/mol. The molecule has 0 heterocycles. The van der Waals surface area contributed by atoms with Crippen LogP contribution in [0.5, 0.6) is 0 Å². The van der Waals surface area contributed by atoms with E-state index in [1.165, 1.54) is 31.2 Å². The average Bonchev–Trinajstić information content (AvgIpc) is 2.87. The highest BCUT2D eigenvalue weighted by atomic mass is 32.1. The van der Waals surface area contributed by atoms with Gasteiger partial charge in [-0.15, -0.1) is 0 Å². The molecular weight excluding hydrogens is 266 g/mol. The number of anilines is 1. The summed E-state index contributed by atoms with van der Waals surface area (Å²) in [5.41, 5.74) is 9.34. The van der Waals surface area contributed by atoms with Crippen molar-refractivity contribution in [3.63, 3.8) is 0 Å². The van der Waals surface area contributed by atoms with Gasteiger partial charge in [0.25, 0.3) is 0 Å². The van der Waals surface area contributed by atoms with E-state index in [4.69, 9.17) is 18.0 Å². The quantitative estimate of drug-likeness (QED) is 0.819. The van der Waals surface area contributed by atoms with Gasteiger partial charge < -0.3 is 16.0 Å². The maximum absolute atomic E-state index is 5.84. The number of benzene rings is 1. The molecule has 0 aliphatic heterocycles. The van der Waals surface area contributed by atoms with E-state index in [0.29, 0.717) is 4.99 Å². The van der Waals surface area contributed by atoms with E-state index in [1.807, 2.05) is 12.1 Å². The maximum atomic E-state index is 5.84. The Morgan fingerprint density at radius 3 is 2.55 bits per heavy atom. The van der Waals surface area contributed by atoms with E-state index in [1.54, 1.807) is 0 Å². The van der Waals surface area contributed by atoms with Crippen LogP contribution in [0.15, 0.2) is 18.2 Å². The Balaban J connectivity index is 2.20. The zero-order valence-electron chi connectivity index (χ0n) is 12.7. The molecule has 0 bridgehead atoms. The predicted octanol–water partition coefficient (Wildman–Crippen LogP) is 2.92. The van der Waals surface area contributed by atoms with Gasteiger partial charge in [-0.1, -0.05) is 37.2 Å². The number of rotatable bonds is 5. The Bertz CT molecular complexity index is 490. The molecule has 20 heavy (non-hydrogen) atoms. The van der Waals surface area contributed by atoms with Crippen LogP contribution in [-0.4, -0.2) is 36.1 Å². The third-order valence-corrected chi connectivity index (χ3v) is 4.84. The third kappa shape index (κ3) is 2.96. The van der Waals surface area contributed by atoms with E-state index < -0.39 is 0 Å². The van der Waals surface area contributed by atoms with Gasteiger partial charge in [-0.25, -0.2) is 0 Å². The van der Waals surface area contributed by atoms with Gasteiger partial charge in [0.2, 0.25) is 0 Å². The van der Waals surface area contributed by atoms with Crippen LogP contribution in [0.25, 0.3) is 0 Å². The fourth-order valence-electron chi connectivity index (χ4n) is 3.18. The van der Waals surface area contributed by atoms with Gasteiger partial charge in [-0.05, 0) is 45.5 Å². The number of likely N-dealkylation sites (N-methyl/N-ethyl adjacent to an activating group) is 1. The molecule has 0 radical (unpaired) electrons. The minimum absolute atomic E-state index is 0.260. The van der Waals surface area contributed by atoms with Crippen molar-refractivity contribution in [2.45, 2.75) is 38.1 Å². The first kappa shape index (κ1) is 15.3. The third-order valence-electron chi connectivity index (χ3n) is 4.62. The molecule has 0 atom stereocenters. The molecule has 3 N–H and O–H groups in total. The normalized spacial score (nSPS) is 17.4. The molecule has 4 heteroatoms. The number of nitrogens with zero attached hydrogens (tertiary/aromatic N) is 1. The number of para-hydroxylation sites is 1. The van der Waals surface area contributed by atoms with Crippen LogP contribution < -0.4 is 11.1 Å². The minimum Gasteiger partial charge on any atom is -0.389 e. The summed E-state index contributed by atoms with van der Waals surface area (Å²) >= 11 is 5.16. The van der Waals surface area contributed by atoms with Crippen molar-refractivity contribution in [3.05, 3.63) is 29.3 Å². The fourth-order valence-corrected chi connectivity index (χ4v) is 3.35. The lowest BCUT2D eigenvalue weighted by atomic mass is 9.95. The van der Waals surface area contributed by atoms with Gasteiger partial charge in [0, 0.05) is 23.3 Å². The second kappa shape index (κ2) is 6.10. The lowest BCUT2D eigenvalue weighted by molar-refractivity contribution is 0.172. The molecule has 1 saturated carbocycles. The molecule has 1 aliphatic rings. The van der Waals surface area contributed by atoms with Gasteiger partial charge in [0.15, 0.2) is 0 Å². The highest BCUT2D eigenvalue weighted by Gasteiger charge is 2.35. The molecule has 1 aliphatic carbocycles. The molecule has 3 nitrogen and oxygen atoms in total. The number of nitrogens with two attached hydrogens (primary N) is 1. The van der Waals surface area contributed by atoms with Crippen LogP contribution in [0.3, 0.4) is 0 Å². The summed E-state index contributed by atoms with van der Waals surface area (Å²) in [4.78, 5) is 2.83. The molecule has 0 aromatic heterocycles. The van der Waals surface area contributed by atoms with Gasteiger partial charge in [0.1, 0.15) is 4.99 Å². The molecular formula is C16H25N3S. The SMILES string of the molecule is Cc1cccc(C(N)=S)c1NCC1(N(C)C)CCCC1. The maximum Gasteiger partial charge on any atom is 0.106 e. The first-order chi connectivity index (χ1) is 9.46. The number of aryl methyl sites for hydroxylation is 1. The van der Waals surface area contributed by atoms with Gasteiger partial charge in [-0.2, -0.15) is 0 Å². The van der Waals surface area contributed by atoms with E-state index in [9.17, 15) is 0 Å². The lowest BCUT2D eigenvalue weighted by Crippen LogP contribution is -2.47. The van der Waals surface area contributed by atoms with Crippen molar-refractivity contribution in [3.8, 4) is 0 Å². The Kier molecular flexibility index (Phi) is 4.66. The van der Waals surface area contributed by atoms with Crippen LogP contribution >= 0.6 is 12.2 Å². The van der Waals surface area contributed by atoms with Crippen molar-refractivity contribution in [1.29, 1.82) is 0 Å². The standard InChI is InChI=1S/C16H25N3S/c1-12-7-6-8-13(15(17)20)14(12)18-11-16(19(2)3)9-4-5-10-16/h6-8,18H,4-5,9-11H2,1-3H3,(H2,17,20). The molecule has 1 aromatic carbocycles. The van der Waals surface area contributed by atoms with E-state index in [-0.39, 0.29) is 5.54 Å². The predicted molar refractivity (Wildman–Crippen MR) is 90.4 cm³/mol. The van der Waals surface area contributed by atoms with E-state index in [2.05, 4.69) is 37.3 Å². The summed E-state index contributed by atoms with van der Waals surface area (Å²) in [5, 5.41) is 3.62. The summed E-state index contributed by atoms with van der Waals surface area (Å²) in [6.07, 6.45) is 5.13. The fraction of sp³-hybridized carbons (Fsp3) is 0.562. The first-order valence-electron chi connectivity index (χ1n) is 7.27. The van der Waals surface area contributed by atoms with Crippen LogP contribution in [0.1, 0.15) is 36.8 Å². The Hall–Kier alpha value is -1.13. The van der Waals surface area contributed by atoms with Crippen molar-refractivity contribution in [1.82, 2.24) is 4.90 Å². The number of hydrogen-bond donors (Lipinski definition) is 2. The van der Waals surface area contributed by atoms with Gasteiger partial charge >= 0.3 is 0 Å². The Morgan fingerprint density at radius 2 is 2.00 bits per heavy atom. The zero-order chi connectivity index (χ0) is 14.8. The highest BCUT2D eigenvalue weighted by molar-refractivity contribution is 7.80. The van der Waals surface area contributed by atoms with Crippen molar-refractivity contribution in [2.24, 2.45) is 5.73 Å². The largest absolute Gasteiger partial charge is 0.389 e. The molecule has 1 fully saturated rings. The highest BCUT2D eigenvalue weighted by Crippen LogP contribution is 2.34. The molecule has 110 valence electrons. The van der Waals surface area contributed by atoms with Crippen LogP contribution in [-0.2, 0) is 0 Å². The summed E-state index contributed by atoms with van der Waals surface area (Å²) < 4.78 is 0. The number of hydrogen-bond acceptors (Lipinski definition) is 3. The minimum atomic E-state index is 0.260. The van der Waals surface area contributed by atoms with Crippen LogP contribution in [0.2, 0.25) is 0 Å². The number of thiocarbonyl (C=S) groups is 1. The Morgan fingerprint density at radius 1 is 1.35 bits per heavy atom. The molecule has 0 amide bonds. The molecule has 0 spiro atoms. The summed E-state index contributed by atoms with van der Waals surface area (Å²) in [7, 11) is 4.36. The van der Waals surface area contributed by atoms with Crippen LogP contribution in [0.4, 0.5) is 5.69 Å². The van der Waals surface area contributed by atoms with Crippen molar-refractivity contribution >= 4 is 22.9 Å². The number of nitrogens with one attached hydrogen (secondary N) is 1. The van der Waals surface area contributed by atoms with Crippen molar-refractivity contribution < 1.29 is 0 Å². The summed E-state index contributed by atoms with van der Waals surface area (Å²) in [6.45, 7) is 3.04. The van der Waals surface area contributed by atoms with Gasteiger partial charge in [-0.3, -0.25) is 0 Å². The zero-order valence-corrected chi connectivity index (χ0v) is 13.5. The molecule has 0 saturated heterocycles. The molecule has 2 rings (SSSR count). The molecule has 1 aromatic rings. The van der Waals surface area contributed by atoms with Crippen LogP contribution in [0, 0.1) is 6.92 Å². The topological polar surface area (TPSA) is 41.3 Å². The first-order valence-corrected chi connectivity index (χ1v) is 7.68. The molecule has 0 unspecified atom stereocenters.